The van der Waals surface area contributed by atoms with Gasteiger partial charge < -0.3 is 15.2 Å². The number of ether oxygens (including phenoxy) is 1. The number of carbonyl (C=O) groups is 2. The monoisotopic (exact) mass is 325 g/mol. The summed E-state index contributed by atoms with van der Waals surface area (Å²) in [5.41, 5.74) is 2.47. The lowest BCUT2D eigenvalue weighted by Gasteiger charge is -2.08. The fourth-order valence-electron chi connectivity index (χ4n) is 2.05. The van der Waals surface area contributed by atoms with Crippen molar-refractivity contribution in [2.24, 2.45) is 0 Å². The number of hydrogen-bond donors (Lipinski definition) is 2. The zero-order valence-corrected chi connectivity index (χ0v) is 13.4. The molecule has 0 aliphatic carbocycles. The summed E-state index contributed by atoms with van der Waals surface area (Å²) >= 11 is 0. The quantitative estimate of drug-likeness (QED) is 0.765. The molecule has 0 atom stereocenters. The molecule has 0 unspecified atom stereocenters. The minimum atomic E-state index is -1.02. The first kappa shape index (κ1) is 17.3. The van der Waals surface area contributed by atoms with Crippen molar-refractivity contribution < 1.29 is 19.4 Å². The largest absolute Gasteiger partial charge is 0.484 e. The van der Waals surface area contributed by atoms with Crippen LogP contribution in [0.4, 0.5) is 5.69 Å². The second-order valence-electron chi connectivity index (χ2n) is 5.13. The van der Waals surface area contributed by atoms with E-state index in [0.717, 1.165) is 12.5 Å². The first-order valence-corrected chi connectivity index (χ1v) is 7.59. The summed E-state index contributed by atoms with van der Waals surface area (Å²) in [7, 11) is 0. The van der Waals surface area contributed by atoms with Crippen LogP contribution in [0.15, 0.2) is 54.6 Å². The van der Waals surface area contributed by atoms with E-state index in [2.05, 4.69) is 12.2 Å². The van der Waals surface area contributed by atoms with Crippen LogP contribution in [0.1, 0.15) is 18.1 Å². The van der Waals surface area contributed by atoms with Crippen molar-refractivity contribution in [3.8, 4) is 5.75 Å². The fourth-order valence-corrected chi connectivity index (χ4v) is 2.05. The molecule has 0 radical (unpaired) electrons. The molecule has 0 aliphatic rings. The SMILES string of the molecule is CCc1ccc(OCC(=O)Nc2cccc(/C=C/C(=O)O)c2)cc1. The van der Waals surface area contributed by atoms with Crippen LogP contribution in [0.2, 0.25) is 0 Å². The molecule has 24 heavy (non-hydrogen) atoms. The van der Waals surface area contributed by atoms with E-state index in [1.165, 1.54) is 11.6 Å². The van der Waals surface area contributed by atoms with Crippen LogP contribution in [-0.2, 0) is 16.0 Å². The Balaban J connectivity index is 1.89. The summed E-state index contributed by atoms with van der Waals surface area (Å²) < 4.78 is 5.44. The molecule has 2 aromatic carbocycles. The Bertz CT molecular complexity index is 735. The predicted octanol–water partition coefficient (Wildman–Crippen LogP) is 3.36. The van der Waals surface area contributed by atoms with Gasteiger partial charge in [-0.15, -0.1) is 0 Å². The zero-order chi connectivity index (χ0) is 17.4. The Kier molecular flexibility index (Phi) is 6.14. The van der Waals surface area contributed by atoms with Gasteiger partial charge >= 0.3 is 5.97 Å². The van der Waals surface area contributed by atoms with Crippen LogP contribution < -0.4 is 10.1 Å². The van der Waals surface area contributed by atoms with Gasteiger partial charge in [0.15, 0.2) is 6.61 Å². The number of amides is 1. The number of aryl methyl sites for hydroxylation is 1. The summed E-state index contributed by atoms with van der Waals surface area (Å²) in [6.07, 6.45) is 3.46. The average molecular weight is 325 g/mol. The van der Waals surface area contributed by atoms with E-state index >= 15 is 0 Å². The maximum absolute atomic E-state index is 11.9. The highest BCUT2D eigenvalue weighted by Gasteiger charge is 2.04. The lowest BCUT2D eigenvalue weighted by atomic mass is 10.2. The van der Waals surface area contributed by atoms with Crippen molar-refractivity contribution in [2.45, 2.75) is 13.3 Å². The van der Waals surface area contributed by atoms with E-state index in [1.807, 2.05) is 24.3 Å². The number of carboxylic acid groups (broad SMARTS) is 1. The van der Waals surface area contributed by atoms with E-state index < -0.39 is 5.97 Å². The first-order valence-electron chi connectivity index (χ1n) is 7.59. The molecule has 124 valence electrons. The second-order valence-corrected chi connectivity index (χ2v) is 5.13. The minimum Gasteiger partial charge on any atom is -0.484 e. The number of anilines is 1. The number of nitrogens with one attached hydrogen (secondary N) is 1. The third-order valence-corrected chi connectivity index (χ3v) is 3.29. The van der Waals surface area contributed by atoms with Crippen molar-refractivity contribution in [1.29, 1.82) is 0 Å². The number of rotatable bonds is 7. The number of aliphatic carboxylic acids is 1. The summed E-state index contributed by atoms with van der Waals surface area (Å²) in [5.74, 6) is -0.665. The fraction of sp³-hybridized carbons (Fsp3) is 0.158. The van der Waals surface area contributed by atoms with Gasteiger partial charge in [-0.25, -0.2) is 4.79 Å². The lowest BCUT2D eigenvalue weighted by Crippen LogP contribution is -2.20. The molecule has 0 saturated carbocycles. The molecule has 0 saturated heterocycles. The van der Waals surface area contributed by atoms with Crippen LogP contribution >= 0.6 is 0 Å². The van der Waals surface area contributed by atoms with E-state index in [9.17, 15) is 9.59 Å². The molecule has 0 fully saturated rings. The smallest absolute Gasteiger partial charge is 0.328 e. The summed E-state index contributed by atoms with van der Waals surface area (Å²) in [4.78, 5) is 22.5. The molecule has 0 heterocycles. The van der Waals surface area contributed by atoms with Gasteiger partial charge in [-0.3, -0.25) is 4.79 Å². The Labute approximate surface area is 140 Å². The van der Waals surface area contributed by atoms with Gasteiger partial charge in [0, 0.05) is 11.8 Å². The topological polar surface area (TPSA) is 75.6 Å². The van der Waals surface area contributed by atoms with Gasteiger partial charge in [0.25, 0.3) is 5.91 Å². The molecule has 2 N–H and O–H groups in total. The van der Waals surface area contributed by atoms with E-state index in [-0.39, 0.29) is 12.5 Å². The molecule has 0 bridgehead atoms. The van der Waals surface area contributed by atoms with Crippen molar-refractivity contribution >= 4 is 23.6 Å². The summed E-state index contributed by atoms with van der Waals surface area (Å²) in [6.45, 7) is 1.98. The Morgan fingerprint density at radius 2 is 1.92 bits per heavy atom. The van der Waals surface area contributed by atoms with Crippen LogP contribution in [0.5, 0.6) is 5.75 Å². The Hall–Kier alpha value is -3.08. The normalized spacial score (nSPS) is 10.5. The van der Waals surface area contributed by atoms with Gasteiger partial charge in [0.2, 0.25) is 0 Å². The van der Waals surface area contributed by atoms with Crippen LogP contribution in [0, 0.1) is 0 Å². The molecule has 5 nitrogen and oxygen atoms in total. The second kappa shape index (κ2) is 8.53. The molecule has 2 aromatic rings. The summed E-state index contributed by atoms with van der Waals surface area (Å²) in [5, 5.41) is 11.3. The van der Waals surface area contributed by atoms with Gasteiger partial charge in [0.1, 0.15) is 5.75 Å². The standard InChI is InChI=1S/C19H19NO4/c1-2-14-6-9-17(10-7-14)24-13-18(21)20-16-5-3-4-15(12-16)8-11-19(22)23/h3-12H,2,13H2,1H3,(H,20,21)(H,22,23)/b11-8+. The zero-order valence-electron chi connectivity index (χ0n) is 13.4. The Morgan fingerprint density at radius 3 is 2.58 bits per heavy atom. The van der Waals surface area contributed by atoms with E-state index in [0.29, 0.717) is 17.0 Å². The molecule has 0 spiro atoms. The van der Waals surface area contributed by atoms with E-state index in [1.54, 1.807) is 24.3 Å². The molecule has 2 rings (SSSR count). The molecule has 5 heteroatoms. The molecular formula is C19H19NO4. The van der Waals surface area contributed by atoms with Crippen LogP contribution in [-0.4, -0.2) is 23.6 Å². The lowest BCUT2D eigenvalue weighted by molar-refractivity contribution is -0.131. The highest BCUT2D eigenvalue weighted by Crippen LogP contribution is 2.14. The van der Waals surface area contributed by atoms with Crippen molar-refractivity contribution in [2.75, 3.05) is 11.9 Å². The van der Waals surface area contributed by atoms with Gasteiger partial charge in [-0.2, -0.15) is 0 Å². The van der Waals surface area contributed by atoms with Gasteiger partial charge in [0.05, 0.1) is 0 Å². The summed E-state index contributed by atoms with van der Waals surface area (Å²) in [6, 6.07) is 14.5. The van der Waals surface area contributed by atoms with Crippen LogP contribution in [0.25, 0.3) is 6.08 Å². The Morgan fingerprint density at radius 1 is 1.17 bits per heavy atom. The highest BCUT2D eigenvalue weighted by atomic mass is 16.5. The maximum atomic E-state index is 11.9. The minimum absolute atomic E-state index is 0.0966. The third kappa shape index (κ3) is 5.61. The maximum Gasteiger partial charge on any atom is 0.328 e. The number of carbonyl (C=O) groups excluding carboxylic acids is 1. The van der Waals surface area contributed by atoms with E-state index in [4.69, 9.17) is 9.84 Å². The predicted molar refractivity (Wildman–Crippen MR) is 93.1 cm³/mol. The number of benzene rings is 2. The molecule has 0 aromatic heterocycles. The molecule has 0 aliphatic heterocycles. The first-order chi connectivity index (χ1) is 11.6. The molecule has 1 amide bonds. The van der Waals surface area contributed by atoms with Gasteiger partial charge in [-0.1, -0.05) is 31.2 Å². The van der Waals surface area contributed by atoms with Crippen molar-refractivity contribution in [1.82, 2.24) is 0 Å². The van der Waals surface area contributed by atoms with Crippen molar-refractivity contribution in [3.05, 3.63) is 65.7 Å². The third-order valence-electron chi connectivity index (χ3n) is 3.29. The van der Waals surface area contributed by atoms with Gasteiger partial charge in [-0.05, 0) is 47.9 Å². The molecular weight excluding hydrogens is 306 g/mol. The highest BCUT2D eigenvalue weighted by molar-refractivity contribution is 5.92. The van der Waals surface area contributed by atoms with Crippen LogP contribution in [0.3, 0.4) is 0 Å². The number of hydrogen-bond acceptors (Lipinski definition) is 3. The van der Waals surface area contributed by atoms with Crippen molar-refractivity contribution in [3.63, 3.8) is 0 Å². The number of carboxylic acids is 1. The average Bonchev–Trinajstić information content (AvgIpc) is 2.59.